The summed E-state index contributed by atoms with van der Waals surface area (Å²) in [7, 11) is 0. The van der Waals surface area contributed by atoms with Gasteiger partial charge in [-0.2, -0.15) is 8.78 Å². The van der Waals surface area contributed by atoms with Gasteiger partial charge in [0.2, 0.25) is 0 Å². The quantitative estimate of drug-likeness (QED) is 0.529. The van der Waals surface area contributed by atoms with E-state index in [-0.39, 0.29) is 0 Å². The van der Waals surface area contributed by atoms with E-state index in [4.69, 9.17) is 0 Å². The number of rotatable bonds is 2. The minimum absolute atomic E-state index is 0.336. The van der Waals surface area contributed by atoms with Crippen LogP contribution in [-0.4, -0.2) is 14.5 Å². The van der Waals surface area contributed by atoms with Crippen molar-refractivity contribution in [1.82, 2.24) is 0 Å². The van der Waals surface area contributed by atoms with Gasteiger partial charge in [-0.1, -0.05) is 11.1 Å². The molecule has 0 spiro atoms. The molecule has 0 saturated carbocycles. The highest BCUT2D eigenvalue weighted by atomic mass is 32.2. The lowest BCUT2D eigenvalue weighted by Gasteiger charge is -1.95. The van der Waals surface area contributed by atoms with Crippen LogP contribution in [0.2, 0.25) is 0 Å². The van der Waals surface area contributed by atoms with Gasteiger partial charge >= 0.3 is 0 Å². The molecular formula is C3H3F2O2S-. The molecule has 48 valence electrons. The molecule has 0 aromatic rings. The SMILES string of the molecule is O=S([O-])CC=C(F)F. The van der Waals surface area contributed by atoms with E-state index < -0.39 is 22.9 Å². The first-order valence-corrected chi connectivity index (χ1v) is 2.94. The molecule has 0 radical (unpaired) electrons. The maximum atomic E-state index is 11.0. The Kier molecular flexibility index (Phi) is 3.55. The van der Waals surface area contributed by atoms with E-state index in [0.717, 1.165) is 0 Å². The summed E-state index contributed by atoms with van der Waals surface area (Å²) in [5.74, 6) is -0.609. The Morgan fingerprint density at radius 1 is 1.75 bits per heavy atom. The molecule has 0 rings (SSSR count). The van der Waals surface area contributed by atoms with Crippen LogP contribution in [0, 0.1) is 0 Å². The standard InChI is InChI=1S/C3H4F2O2S/c4-3(5)1-2-8(6)7/h1H,2H2,(H,6,7)/p-1. The van der Waals surface area contributed by atoms with Crippen molar-refractivity contribution in [1.29, 1.82) is 0 Å². The molecule has 0 aromatic carbocycles. The second kappa shape index (κ2) is 3.68. The van der Waals surface area contributed by atoms with Crippen LogP contribution < -0.4 is 0 Å². The Balaban J connectivity index is 3.45. The summed E-state index contributed by atoms with van der Waals surface area (Å²) in [5.41, 5.74) is 0. The summed E-state index contributed by atoms with van der Waals surface area (Å²) in [6.07, 6.45) is -1.63. The lowest BCUT2D eigenvalue weighted by atomic mass is 10.7. The summed E-state index contributed by atoms with van der Waals surface area (Å²) in [6, 6.07) is 0. The average Bonchev–Trinajstić information content (AvgIpc) is 1.61. The van der Waals surface area contributed by atoms with Gasteiger partial charge in [0.25, 0.3) is 6.08 Å². The molecular weight excluding hydrogens is 138 g/mol. The molecule has 0 aliphatic heterocycles. The minimum atomic E-state index is -2.39. The molecule has 0 fully saturated rings. The highest BCUT2D eigenvalue weighted by molar-refractivity contribution is 7.79. The fraction of sp³-hybridized carbons (Fsp3) is 0.333. The Hall–Kier alpha value is -0.290. The first-order chi connectivity index (χ1) is 3.63. The zero-order valence-electron chi connectivity index (χ0n) is 3.77. The lowest BCUT2D eigenvalue weighted by molar-refractivity contribution is 0.419. The van der Waals surface area contributed by atoms with E-state index in [1.54, 1.807) is 0 Å². The molecule has 0 aromatic heterocycles. The smallest absolute Gasteiger partial charge is 0.267 e. The van der Waals surface area contributed by atoms with Crippen molar-refractivity contribution in [3.05, 3.63) is 12.2 Å². The van der Waals surface area contributed by atoms with Crippen LogP contribution >= 0.6 is 0 Å². The van der Waals surface area contributed by atoms with Crippen LogP contribution in [0.1, 0.15) is 0 Å². The molecule has 2 nitrogen and oxygen atoms in total. The summed E-state index contributed by atoms with van der Waals surface area (Å²) in [6.45, 7) is 0. The maximum Gasteiger partial charge on any atom is 0.267 e. The molecule has 0 aliphatic rings. The van der Waals surface area contributed by atoms with Crippen molar-refractivity contribution in [2.24, 2.45) is 0 Å². The highest BCUT2D eigenvalue weighted by Gasteiger charge is 1.84. The Morgan fingerprint density at radius 3 is 2.38 bits per heavy atom. The van der Waals surface area contributed by atoms with Crippen LogP contribution in [-0.2, 0) is 11.1 Å². The van der Waals surface area contributed by atoms with Crippen LogP contribution in [0.25, 0.3) is 0 Å². The van der Waals surface area contributed by atoms with Crippen molar-refractivity contribution >= 4 is 11.1 Å². The second-order valence-electron chi connectivity index (χ2n) is 0.964. The fourth-order valence-electron chi connectivity index (χ4n) is 0.131. The molecule has 0 saturated heterocycles. The van der Waals surface area contributed by atoms with Gasteiger partial charge in [-0.15, -0.1) is 0 Å². The number of hydrogen-bond donors (Lipinski definition) is 0. The average molecular weight is 141 g/mol. The van der Waals surface area contributed by atoms with Crippen LogP contribution in [0.3, 0.4) is 0 Å². The zero-order valence-corrected chi connectivity index (χ0v) is 4.58. The molecule has 0 amide bonds. The van der Waals surface area contributed by atoms with Gasteiger partial charge in [-0.05, 0) is 6.08 Å². The first-order valence-electron chi connectivity index (χ1n) is 1.70. The van der Waals surface area contributed by atoms with Gasteiger partial charge in [0.15, 0.2) is 0 Å². The molecule has 1 atom stereocenters. The molecule has 0 aliphatic carbocycles. The third-order valence-electron chi connectivity index (χ3n) is 0.374. The van der Waals surface area contributed by atoms with E-state index in [9.17, 15) is 17.5 Å². The molecule has 0 N–H and O–H groups in total. The Labute approximate surface area is 47.5 Å². The minimum Gasteiger partial charge on any atom is -0.772 e. The normalized spacial score (nSPS) is 12.9. The summed E-state index contributed by atoms with van der Waals surface area (Å²) in [5, 5.41) is 0. The molecule has 8 heavy (non-hydrogen) atoms. The summed E-state index contributed by atoms with van der Waals surface area (Å²) in [4.78, 5) is 0. The van der Waals surface area contributed by atoms with E-state index in [2.05, 4.69) is 0 Å². The predicted molar refractivity (Wildman–Crippen MR) is 24.1 cm³/mol. The van der Waals surface area contributed by atoms with Crippen molar-refractivity contribution in [2.75, 3.05) is 5.75 Å². The Bertz CT molecular complexity index is 118. The largest absolute Gasteiger partial charge is 0.772 e. The predicted octanol–water partition coefficient (Wildman–Crippen LogP) is 0.646. The van der Waals surface area contributed by atoms with E-state index in [1.807, 2.05) is 0 Å². The first kappa shape index (κ1) is 7.71. The van der Waals surface area contributed by atoms with Gasteiger partial charge < -0.3 is 4.55 Å². The van der Waals surface area contributed by atoms with Crippen LogP contribution in [0.15, 0.2) is 12.2 Å². The number of halogens is 2. The van der Waals surface area contributed by atoms with Crippen LogP contribution in [0.5, 0.6) is 0 Å². The maximum absolute atomic E-state index is 11.0. The summed E-state index contributed by atoms with van der Waals surface area (Å²) >= 11 is -2.39. The van der Waals surface area contributed by atoms with Gasteiger partial charge in [0.1, 0.15) is 0 Å². The van der Waals surface area contributed by atoms with Gasteiger partial charge in [-0.25, -0.2) is 0 Å². The van der Waals surface area contributed by atoms with Crippen molar-refractivity contribution in [3.8, 4) is 0 Å². The molecule has 0 heterocycles. The Morgan fingerprint density at radius 2 is 2.25 bits per heavy atom. The summed E-state index contributed by atoms with van der Waals surface area (Å²) < 4.78 is 41.0. The van der Waals surface area contributed by atoms with E-state index in [1.165, 1.54) is 0 Å². The monoisotopic (exact) mass is 141 g/mol. The topological polar surface area (TPSA) is 40.1 Å². The highest BCUT2D eigenvalue weighted by Crippen LogP contribution is 1.95. The molecule has 1 unspecified atom stereocenters. The van der Waals surface area contributed by atoms with Crippen LogP contribution in [0.4, 0.5) is 8.78 Å². The number of hydrogen-bond acceptors (Lipinski definition) is 2. The lowest BCUT2D eigenvalue weighted by Crippen LogP contribution is -1.89. The molecule has 0 bridgehead atoms. The van der Waals surface area contributed by atoms with E-state index in [0.29, 0.717) is 6.08 Å². The van der Waals surface area contributed by atoms with Gasteiger partial charge in [0, 0.05) is 5.75 Å². The second-order valence-corrected chi connectivity index (χ2v) is 1.91. The zero-order chi connectivity index (χ0) is 6.57. The van der Waals surface area contributed by atoms with Gasteiger partial charge in [-0.3, -0.25) is 4.21 Å². The van der Waals surface area contributed by atoms with Gasteiger partial charge in [0.05, 0.1) is 0 Å². The molecule has 5 heteroatoms. The van der Waals surface area contributed by atoms with Crippen molar-refractivity contribution < 1.29 is 17.5 Å². The van der Waals surface area contributed by atoms with E-state index >= 15 is 0 Å². The van der Waals surface area contributed by atoms with Crippen molar-refractivity contribution in [2.45, 2.75) is 0 Å². The van der Waals surface area contributed by atoms with Crippen molar-refractivity contribution in [3.63, 3.8) is 0 Å². The fourth-order valence-corrected chi connectivity index (χ4v) is 0.393. The third-order valence-corrected chi connectivity index (χ3v) is 0.813. The third kappa shape index (κ3) is 5.71.